The van der Waals surface area contributed by atoms with Crippen LogP contribution in [0.5, 0.6) is 0 Å². The molecule has 5 heteroatoms. The Bertz CT molecular complexity index is 362. The standard InChI is InChI=1S/C9H11O4P/c1-2-7-5-3-4-6-8(7)14(12)13-9(10)11/h3-6,14H,2H2,1H3,(H,10,11). The first-order valence-corrected chi connectivity index (χ1v) is 5.49. The van der Waals surface area contributed by atoms with Crippen molar-refractivity contribution in [1.82, 2.24) is 0 Å². The number of rotatable bonds is 3. The molecular formula is C9H11O4P. The van der Waals surface area contributed by atoms with E-state index < -0.39 is 14.2 Å². The quantitative estimate of drug-likeness (QED) is 0.782. The van der Waals surface area contributed by atoms with Crippen molar-refractivity contribution in [3.8, 4) is 0 Å². The number of hydrogen-bond acceptors (Lipinski definition) is 3. The Morgan fingerprint density at radius 1 is 1.50 bits per heavy atom. The van der Waals surface area contributed by atoms with Gasteiger partial charge < -0.3 is 9.63 Å². The highest BCUT2D eigenvalue weighted by molar-refractivity contribution is 7.49. The normalized spacial score (nSPS) is 12.1. The van der Waals surface area contributed by atoms with Gasteiger partial charge in [0.05, 0.1) is 0 Å². The van der Waals surface area contributed by atoms with Gasteiger partial charge in [-0.1, -0.05) is 25.1 Å². The lowest BCUT2D eigenvalue weighted by Gasteiger charge is -2.05. The van der Waals surface area contributed by atoms with Gasteiger partial charge in [-0.2, -0.15) is 0 Å². The van der Waals surface area contributed by atoms with Gasteiger partial charge in [-0.25, -0.2) is 4.79 Å². The molecule has 1 aromatic carbocycles. The SMILES string of the molecule is CCc1ccccc1[PH](=O)OC(=O)O. The highest BCUT2D eigenvalue weighted by Crippen LogP contribution is 2.23. The van der Waals surface area contributed by atoms with Crippen LogP contribution < -0.4 is 5.30 Å². The maximum Gasteiger partial charge on any atom is 0.510 e. The molecule has 76 valence electrons. The van der Waals surface area contributed by atoms with Crippen molar-refractivity contribution in [3.05, 3.63) is 29.8 Å². The maximum atomic E-state index is 11.4. The molecule has 0 saturated carbocycles. The minimum absolute atomic E-state index is 0.488. The van der Waals surface area contributed by atoms with E-state index in [2.05, 4.69) is 4.52 Å². The predicted octanol–water partition coefficient (Wildman–Crippen LogP) is 2.04. The van der Waals surface area contributed by atoms with E-state index in [4.69, 9.17) is 5.11 Å². The third-order valence-corrected chi connectivity index (χ3v) is 3.09. The molecule has 0 bridgehead atoms. The van der Waals surface area contributed by atoms with Gasteiger partial charge in [0.1, 0.15) is 0 Å². The zero-order chi connectivity index (χ0) is 10.6. The van der Waals surface area contributed by atoms with Gasteiger partial charge in [0.25, 0.3) is 8.03 Å². The number of hydrogen-bond donors (Lipinski definition) is 1. The summed E-state index contributed by atoms with van der Waals surface area (Å²) in [6, 6.07) is 6.96. The fraction of sp³-hybridized carbons (Fsp3) is 0.222. The van der Waals surface area contributed by atoms with Crippen LogP contribution in [0.1, 0.15) is 12.5 Å². The van der Waals surface area contributed by atoms with E-state index >= 15 is 0 Å². The van der Waals surface area contributed by atoms with E-state index in [9.17, 15) is 9.36 Å². The van der Waals surface area contributed by atoms with Crippen molar-refractivity contribution in [2.75, 3.05) is 0 Å². The van der Waals surface area contributed by atoms with Crippen LogP contribution in [-0.4, -0.2) is 11.3 Å². The lowest BCUT2D eigenvalue weighted by Crippen LogP contribution is -2.07. The van der Waals surface area contributed by atoms with E-state index in [-0.39, 0.29) is 0 Å². The van der Waals surface area contributed by atoms with Crippen LogP contribution >= 0.6 is 8.03 Å². The second kappa shape index (κ2) is 4.82. The minimum atomic E-state index is -2.66. The van der Waals surface area contributed by atoms with Crippen molar-refractivity contribution in [2.45, 2.75) is 13.3 Å². The monoisotopic (exact) mass is 214 g/mol. The number of carboxylic acid groups (broad SMARTS) is 1. The second-order valence-corrected chi connectivity index (χ2v) is 3.98. The summed E-state index contributed by atoms with van der Waals surface area (Å²) in [5, 5.41) is 8.80. The zero-order valence-corrected chi connectivity index (χ0v) is 8.69. The Hall–Kier alpha value is -1.28. The third kappa shape index (κ3) is 2.60. The molecule has 0 aromatic heterocycles. The van der Waals surface area contributed by atoms with Gasteiger partial charge in [-0.15, -0.1) is 0 Å². The van der Waals surface area contributed by atoms with Crippen LogP contribution in [0.3, 0.4) is 0 Å². The van der Waals surface area contributed by atoms with Crippen LogP contribution in [0, 0.1) is 0 Å². The molecular weight excluding hydrogens is 203 g/mol. The van der Waals surface area contributed by atoms with Crippen molar-refractivity contribution in [3.63, 3.8) is 0 Å². The van der Waals surface area contributed by atoms with Crippen LogP contribution in [0.25, 0.3) is 0 Å². The summed E-state index contributed by atoms with van der Waals surface area (Å²) in [5.74, 6) is 0. The summed E-state index contributed by atoms with van der Waals surface area (Å²) >= 11 is 0. The Labute approximate surface area is 82.4 Å². The largest absolute Gasteiger partial charge is 0.510 e. The Morgan fingerprint density at radius 3 is 2.71 bits per heavy atom. The van der Waals surface area contributed by atoms with Gasteiger partial charge in [0.2, 0.25) is 0 Å². The molecule has 0 heterocycles. The van der Waals surface area contributed by atoms with E-state index in [1.165, 1.54) is 0 Å². The second-order valence-electron chi connectivity index (χ2n) is 2.67. The van der Waals surface area contributed by atoms with Gasteiger partial charge in [0.15, 0.2) is 0 Å². The van der Waals surface area contributed by atoms with E-state index in [0.29, 0.717) is 11.7 Å². The van der Waals surface area contributed by atoms with Crippen molar-refractivity contribution >= 4 is 19.5 Å². The summed E-state index contributed by atoms with van der Waals surface area (Å²) in [5.41, 5.74) is 0.859. The third-order valence-electron chi connectivity index (χ3n) is 1.80. The van der Waals surface area contributed by atoms with E-state index in [1.807, 2.05) is 19.1 Å². The summed E-state index contributed by atoms with van der Waals surface area (Å²) in [7, 11) is -2.66. The number of carbonyl (C=O) groups is 1. The molecule has 1 atom stereocenters. The molecule has 0 aliphatic heterocycles. The van der Waals surface area contributed by atoms with Crippen molar-refractivity contribution < 1.29 is 19.0 Å². The lowest BCUT2D eigenvalue weighted by atomic mass is 10.2. The number of aryl methyl sites for hydroxylation is 1. The molecule has 0 fully saturated rings. The van der Waals surface area contributed by atoms with Gasteiger partial charge in [-0.3, -0.25) is 4.57 Å². The Balaban J connectivity index is 2.94. The molecule has 1 rings (SSSR count). The van der Waals surface area contributed by atoms with Gasteiger partial charge in [-0.05, 0) is 18.1 Å². The predicted molar refractivity (Wildman–Crippen MR) is 53.6 cm³/mol. The maximum absolute atomic E-state index is 11.4. The molecule has 1 unspecified atom stereocenters. The molecule has 0 saturated heterocycles. The summed E-state index contributed by atoms with van der Waals surface area (Å²) < 4.78 is 15.7. The van der Waals surface area contributed by atoms with Crippen LogP contribution in [0.4, 0.5) is 4.79 Å². The van der Waals surface area contributed by atoms with Gasteiger partial charge >= 0.3 is 6.16 Å². The van der Waals surface area contributed by atoms with Crippen molar-refractivity contribution in [2.24, 2.45) is 0 Å². The van der Waals surface area contributed by atoms with Crippen LogP contribution in [-0.2, 0) is 15.5 Å². The fourth-order valence-corrected chi connectivity index (χ4v) is 2.19. The summed E-state index contributed by atoms with van der Waals surface area (Å²) in [6.45, 7) is 1.91. The average molecular weight is 214 g/mol. The minimum Gasteiger partial charge on any atom is -0.450 e. The highest BCUT2D eigenvalue weighted by atomic mass is 31.1. The molecule has 0 radical (unpaired) electrons. The Morgan fingerprint density at radius 2 is 2.14 bits per heavy atom. The molecule has 0 spiro atoms. The molecule has 14 heavy (non-hydrogen) atoms. The van der Waals surface area contributed by atoms with E-state index in [0.717, 1.165) is 5.56 Å². The number of benzene rings is 1. The average Bonchev–Trinajstić information content (AvgIpc) is 2.16. The zero-order valence-electron chi connectivity index (χ0n) is 7.69. The van der Waals surface area contributed by atoms with Crippen LogP contribution in [0.15, 0.2) is 24.3 Å². The van der Waals surface area contributed by atoms with Crippen LogP contribution in [0.2, 0.25) is 0 Å². The molecule has 1 aromatic rings. The molecule has 0 aliphatic carbocycles. The Kier molecular flexibility index (Phi) is 3.72. The van der Waals surface area contributed by atoms with E-state index in [1.54, 1.807) is 12.1 Å². The first-order valence-electron chi connectivity index (χ1n) is 4.18. The fourth-order valence-electron chi connectivity index (χ4n) is 1.16. The van der Waals surface area contributed by atoms with Gasteiger partial charge in [0, 0.05) is 5.30 Å². The first kappa shape index (κ1) is 10.8. The summed E-state index contributed by atoms with van der Waals surface area (Å²) in [4.78, 5) is 10.2. The molecule has 0 aliphatic rings. The van der Waals surface area contributed by atoms with Crippen molar-refractivity contribution in [1.29, 1.82) is 0 Å². The first-order chi connectivity index (χ1) is 6.65. The topological polar surface area (TPSA) is 63.6 Å². The molecule has 4 nitrogen and oxygen atoms in total. The smallest absolute Gasteiger partial charge is 0.450 e. The lowest BCUT2D eigenvalue weighted by molar-refractivity contribution is 0.148. The highest BCUT2D eigenvalue weighted by Gasteiger charge is 2.11. The summed E-state index contributed by atoms with van der Waals surface area (Å²) in [6.07, 6.45) is -0.796. The molecule has 1 N–H and O–H groups in total. The molecule has 0 amide bonds.